The first-order valence-corrected chi connectivity index (χ1v) is 7.03. The molecule has 0 aliphatic rings. The predicted octanol–water partition coefficient (Wildman–Crippen LogP) is 3.23. The molecule has 0 N–H and O–H groups in total. The number of hydrogen-bond donors (Lipinski definition) is 0. The number of hydrogen-bond acceptors (Lipinski definition) is 3. The fourth-order valence-corrected chi connectivity index (χ4v) is 1.84. The monoisotopic (exact) mass is 263 g/mol. The average molecular weight is 263 g/mol. The Kier molecular flexibility index (Phi) is 5.36. The largest absolute Gasteiger partial charge is 0.358 e. The molecule has 0 bridgehead atoms. The topological polar surface area (TPSA) is 19.4 Å². The molecule has 19 heavy (non-hydrogen) atoms. The summed E-state index contributed by atoms with van der Waals surface area (Å²) in [6.45, 7) is 11.1. The zero-order valence-electron chi connectivity index (χ0n) is 13.6. The summed E-state index contributed by atoms with van der Waals surface area (Å²) >= 11 is 0. The maximum Gasteiger partial charge on any atom is 0.128 e. The maximum absolute atomic E-state index is 4.60. The van der Waals surface area contributed by atoms with Crippen molar-refractivity contribution in [2.45, 2.75) is 33.6 Å². The van der Waals surface area contributed by atoms with Gasteiger partial charge in [0.15, 0.2) is 0 Å². The van der Waals surface area contributed by atoms with E-state index >= 15 is 0 Å². The molecule has 0 aliphatic carbocycles. The highest BCUT2D eigenvalue weighted by Crippen LogP contribution is 2.34. The minimum atomic E-state index is 0.278. The normalized spacial score (nSPS) is 13.7. The van der Waals surface area contributed by atoms with Gasteiger partial charge < -0.3 is 9.80 Å². The smallest absolute Gasteiger partial charge is 0.128 e. The van der Waals surface area contributed by atoms with Gasteiger partial charge in [-0.2, -0.15) is 0 Å². The molecule has 0 spiro atoms. The van der Waals surface area contributed by atoms with Crippen LogP contribution in [0.3, 0.4) is 0 Å². The molecule has 0 radical (unpaired) electrons. The highest BCUT2D eigenvalue weighted by Gasteiger charge is 2.21. The summed E-state index contributed by atoms with van der Waals surface area (Å²) in [5.41, 5.74) is 1.59. The van der Waals surface area contributed by atoms with E-state index in [4.69, 9.17) is 0 Å². The summed E-state index contributed by atoms with van der Waals surface area (Å²) in [5.74, 6) is 1.56. The number of aromatic nitrogens is 1. The zero-order valence-corrected chi connectivity index (χ0v) is 13.6. The second-order valence-electron chi connectivity index (χ2n) is 6.76. The van der Waals surface area contributed by atoms with Crippen LogP contribution < -0.4 is 4.90 Å². The molecular formula is C16H29N3. The van der Waals surface area contributed by atoms with Gasteiger partial charge >= 0.3 is 0 Å². The SMILES string of the molecule is C[C@H](c1ccc(N(C)CCN(C)C)nc1)C(C)(C)C. The summed E-state index contributed by atoms with van der Waals surface area (Å²) in [5, 5.41) is 0. The molecule has 3 nitrogen and oxygen atoms in total. The summed E-state index contributed by atoms with van der Waals surface area (Å²) in [6, 6.07) is 4.34. The van der Waals surface area contributed by atoms with Crippen LogP contribution in [0, 0.1) is 5.41 Å². The molecule has 1 aromatic heterocycles. The third-order valence-corrected chi connectivity index (χ3v) is 3.84. The molecule has 1 atom stereocenters. The Balaban J connectivity index is 2.71. The van der Waals surface area contributed by atoms with Gasteiger partial charge in [-0.3, -0.25) is 0 Å². The van der Waals surface area contributed by atoms with Crippen molar-refractivity contribution in [3.05, 3.63) is 23.9 Å². The first-order valence-electron chi connectivity index (χ1n) is 7.03. The van der Waals surface area contributed by atoms with E-state index < -0.39 is 0 Å². The molecule has 0 saturated carbocycles. The predicted molar refractivity (Wildman–Crippen MR) is 83.9 cm³/mol. The van der Waals surface area contributed by atoms with Crippen LogP contribution in [0.25, 0.3) is 0 Å². The van der Waals surface area contributed by atoms with Crippen molar-refractivity contribution >= 4 is 5.82 Å². The van der Waals surface area contributed by atoms with Crippen molar-refractivity contribution in [3.8, 4) is 0 Å². The van der Waals surface area contributed by atoms with E-state index in [1.54, 1.807) is 0 Å². The number of anilines is 1. The molecule has 0 aromatic carbocycles. The van der Waals surface area contributed by atoms with Gasteiger partial charge in [0, 0.05) is 26.3 Å². The van der Waals surface area contributed by atoms with Crippen molar-refractivity contribution in [3.63, 3.8) is 0 Å². The third kappa shape index (κ3) is 4.83. The third-order valence-electron chi connectivity index (χ3n) is 3.84. The molecule has 0 fully saturated rings. The molecule has 0 unspecified atom stereocenters. The first kappa shape index (κ1) is 16.0. The lowest BCUT2D eigenvalue weighted by Crippen LogP contribution is -2.29. The summed E-state index contributed by atoms with van der Waals surface area (Å²) < 4.78 is 0. The average Bonchev–Trinajstić information content (AvgIpc) is 2.34. The Morgan fingerprint density at radius 2 is 1.74 bits per heavy atom. The molecule has 0 saturated heterocycles. The Morgan fingerprint density at radius 3 is 2.16 bits per heavy atom. The maximum atomic E-state index is 4.60. The van der Waals surface area contributed by atoms with E-state index in [1.807, 2.05) is 6.20 Å². The van der Waals surface area contributed by atoms with Crippen LogP contribution in [0.15, 0.2) is 18.3 Å². The Morgan fingerprint density at radius 1 is 1.11 bits per heavy atom. The fraction of sp³-hybridized carbons (Fsp3) is 0.688. The Hall–Kier alpha value is -1.09. The first-order chi connectivity index (χ1) is 8.71. The van der Waals surface area contributed by atoms with Gasteiger partial charge in [0.1, 0.15) is 5.82 Å². The van der Waals surface area contributed by atoms with E-state index in [1.165, 1.54) is 5.56 Å². The van der Waals surface area contributed by atoms with Crippen LogP contribution in [0.4, 0.5) is 5.82 Å². The molecule has 1 aromatic rings. The van der Waals surface area contributed by atoms with E-state index in [0.29, 0.717) is 5.92 Å². The van der Waals surface area contributed by atoms with E-state index in [2.05, 4.69) is 75.8 Å². The van der Waals surface area contributed by atoms with Gasteiger partial charge in [-0.15, -0.1) is 0 Å². The van der Waals surface area contributed by atoms with Crippen LogP contribution in [-0.4, -0.2) is 44.1 Å². The van der Waals surface area contributed by atoms with Gasteiger partial charge in [-0.25, -0.2) is 4.98 Å². The van der Waals surface area contributed by atoms with Gasteiger partial charge in [0.2, 0.25) is 0 Å². The highest BCUT2D eigenvalue weighted by molar-refractivity contribution is 5.39. The van der Waals surface area contributed by atoms with Crippen molar-refractivity contribution in [2.75, 3.05) is 39.1 Å². The minimum absolute atomic E-state index is 0.278. The molecule has 1 heterocycles. The summed E-state index contributed by atoms with van der Waals surface area (Å²) in [6.07, 6.45) is 2.03. The van der Waals surface area contributed by atoms with Gasteiger partial charge in [-0.1, -0.05) is 33.8 Å². The number of pyridine rings is 1. The van der Waals surface area contributed by atoms with Crippen LogP contribution in [0.5, 0.6) is 0 Å². The van der Waals surface area contributed by atoms with Crippen molar-refractivity contribution in [1.29, 1.82) is 0 Å². The minimum Gasteiger partial charge on any atom is -0.358 e. The van der Waals surface area contributed by atoms with Crippen LogP contribution >= 0.6 is 0 Å². The van der Waals surface area contributed by atoms with E-state index in [-0.39, 0.29) is 5.41 Å². The number of nitrogens with zero attached hydrogens (tertiary/aromatic N) is 3. The molecular weight excluding hydrogens is 234 g/mol. The lowest BCUT2D eigenvalue weighted by Gasteiger charge is -2.28. The highest BCUT2D eigenvalue weighted by atomic mass is 15.2. The second-order valence-corrected chi connectivity index (χ2v) is 6.76. The molecule has 3 heteroatoms. The van der Waals surface area contributed by atoms with Gasteiger partial charge in [-0.05, 0) is 37.1 Å². The number of rotatable bonds is 5. The van der Waals surface area contributed by atoms with E-state index in [0.717, 1.165) is 18.9 Å². The summed E-state index contributed by atoms with van der Waals surface area (Å²) in [7, 11) is 6.28. The molecule has 0 aliphatic heterocycles. The number of likely N-dealkylation sites (N-methyl/N-ethyl adjacent to an activating group) is 2. The zero-order chi connectivity index (χ0) is 14.6. The quantitative estimate of drug-likeness (QED) is 0.813. The van der Waals surface area contributed by atoms with Crippen LogP contribution in [-0.2, 0) is 0 Å². The van der Waals surface area contributed by atoms with Gasteiger partial charge in [0.25, 0.3) is 0 Å². The molecule has 1 rings (SSSR count). The lowest BCUT2D eigenvalue weighted by atomic mass is 9.78. The Labute approximate surface area is 118 Å². The van der Waals surface area contributed by atoms with Crippen molar-refractivity contribution < 1.29 is 0 Å². The fourth-order valence-electron chi connectivity index (χ4n) is 1.84. The standard InChI is InChI=1S/C16H29N3/c1-13(16(2,3)4)14-8-9-15(17-12-14)19(7)11-10-18(5)6/h8-9,12-13H,10-11H2,1-7H3/t13-/m1/s1. The van der Waals surface area contributed by atoms with Crippen molar-refractivity contribution in [2.24, 2.45) is 5.41 Å². The van der Waals surface area contributed by atoms with Crippen LogP contribution in [0.2, 0.25) is 0 Å². The Bertz CT molecular complexity index is 376. The van der Waals surface area contributed by atoms with Crippen molar-refractivity contribution in [1.82, 2.24) is 9.88 Å². The second kappa shape index (κ2) is 6.38. The molecule has 108 valence electrons. The van der Waals surface area contributed by atoms with Gasteiger partial charge in [0.05, 0.1) is 0 Å². The lowest BCUT2D eigenvalue weighted by molar-refractivity contribution is 0.339. The van der Waals surface area contributed by atoms with E-state index in [9.17, 15) is 0 Å². The van der Waals surface area contributed by atoms with Crippen LogP contribution in [0.1, 0.15) is 39.2 Å². The molecule has 0 amide bonds. The summed E-state index contributed by atoms with van der Waals surface area (Å²) in [4.78, 5) is 8.99.